The lowest BCUT2D eigenvalue weighted by Gasteiger charge is -2.38. The summed E-state index contributed by atoms with van der Waals surface area (Å²) in [6, 6.07) is -2.16. The number of anilines is 2. The Hall–Kier alpha value is -9.54. The first kappa shape index (κ1) is 88.5. The van der Waals surface area contributed by atoms with Crippen molar-refractivity contribution in [2.24, 2.45) is 23.7 Å². The first-order valence-electron chi connectivity index (χ1n) is 33.3. The van der Waals surface area contributed by atoms with E-state index >= 15 is 0 Å². The Morgan fingerprint density at radius 3 is 1.57 bits per heavy atom. The molecule has 0 saturated carbocycles. The van der Waals surface area contributed by atoms with Gasteiger partial charge in [-0.2, -0.15) is 0 Å². The molecule has 0 aliphatic carbocycles. The molecule has 0 aliphatic rings. The molecule has 10 atom stereocenters. The molecule has 0 radical (unpaired) electrons. The highest BCUT2D eigenvalue weighted by Gasteiger charge is 2.39. The number of esters is 1. The van der Waals surface area contributed by atoms with Gasteiger partial charge < -0.3 is 82.3 Å². The lowest BCUT2D eigenvalue weighted by atomic mass is 9.81. The molecule has 2 rings (SSSR count). The van der Waals surface area contributed by atoms with Crippen LogP contribution in [0.4, 0.5) is 11.4 Å². The van der Waals surface area contributed by atoms with Gasteiger partial charge in [0.05, 0.1) is 49.3 Å². The van der Waals surface area contributed by atoms with Gasteiger partial charge in [-0.15, -0.1) is 11.3 Å². The third-order valence-electron chi connectivity index (χ3n) is 16.6. The molecule has 12 N–H and O–H groups in total. The van der Waals surface area contributed by atoms with Crippen LogP contribution in [0.2, 0.25) is 0 Å². The predicted molar refractivity (Wildman–Crippen MR) is 374 cm³/mol. The van der Waals surface area contributed by atoms with Crippen LogP contribution in [0, 0.1) is 23.7 Å². The van der Waals surface area contributed by atoms with Gasteiger partial charge in [0.25, 0.3) is 5.91 Å². The maximum atomic E-state index is 14.5. The summed E-state index contributed by atoms with van der Waals surface area (Å²) >= 11 is 1.02. The van der Waals surface area contributed by atoms with Crippen LogP contribution in [0.5, 0.6) is 0 Å². The Morgan fingerprint density at radius 1 is 0.627 bits per heavy atom. The third-order valence-corrected chi connectivity index (χ3v) is 17.5. The van der Waals surface area contributed by atoms with Crippen LogP contribution >= 0.6 is 11.3 Å². The molecule has 1 aromatic heterocycles. The number of aromatic nitrogens is 1. The highest BCUT2D eigenvalue weighted by atomic mass is 32.1. The van der Waals surface area contributed by atoms with E-state index in [0.29, 0.717) is 24.1 Å². The molecule has 2 aromatic rings. The smallest absolute Gasteiger partial charge is 0.328 e. The van der Waals surface area contributed by atoms with E-state index < -0.39 is 137 Å². The van der Waals surface area contributed by atoms with Crippen molar-refractivity contribution in [1.29, 1.82) is 0 Å². The van der Waals surface area contributed by atoms with Gasteiger partial charge in [0.15, 0.2) is 11.9 Å². The average Bonchev–Trinajstić information content (AvgIpc) is 1.03. The zero-order chi connectivity index (χ0) is 77.3. The van der Waals surface area contributed by atoms with Crippen molar-refractivity contribution in [2.75, 3.05) is 71.3 Å². The molecule has 33 nitrogen and oxygen atoms in total. The number of carboxylic acid groups (broad SMARTS) is 3. The van der Waals surface area contributed by atoms with E-state index in [1.54, 1.807) is 44.8 Å². The monoisotopic (exact) mass is 1450 g/mol. The molecule has 1 heterocycles. The number of ketones is 1. The van der Waals surface area contributed by atoms with E-state index in [-0.39, 0.29) is 124 Å². The minimum atomic E-state index is -1.33. The molecule has 34 heteroatoms. The number of rotatable bonds is 46. The highest BCUT2D eigenvalue weighted by Crippen LogP contribution is 2.34. The number of nitrogens with zero attached hydrogens (tertiary/aromatic N) is 3. The lowest BCUT2D eigenvalue weighted by Crippen LogP contribution is -2.50. The topological polar surface area (TPSA) is 472 Å². The van der Waals surface area contributed by atoms with Crippen LogP contribution in [0.1, 0.15) is 149 Å². The molecule has 1 aromatic carbocycles. The summed E-state index contributed by atoms with van der Waals surface area (Å²) in [6.07, 6.45) is 1.95. The Labute approximate surface area is 597 Å². The summed E-state index contributed by atoms with van der Waals surface area (Å²) < 4.78 is 16.5. The number of aliphatic carboxylic acids is 3. The Balaban J connectivity index is 2.48. The van der Waals surface area contributed by atoms with Crippen LogP contribution in [-0.2, 0) is 87.8 Å². The van der Waals surface area contributed by atoms with E-state index in [0.717, 1.165) is 23.5 Å². The number of hydrogen-bond donors (Lipinski definition) is 12. The standard InChI is InChI=1S/C68H102N12O21S/c1-16-38(4)47(34-53(82)68(11,12)79(13)14)66(96)80(15)51(37(2)3)35-52(101-44(10)81)65-78-50(36-102-65)64(95)75-46(31-39(5)67(97)98)32-45-17-18-48(76-62(93)42(8)73-60(91)40(6)71-56(85)23-27-99-29-25-69-54(83)19-21-58(87)88)49(33-45)77-63(94)43(9)74-61(92)41(7)72-57(86)24-28-100-30-26-70-55(84)20-22-59(89)90/h17-22,33,36-43,46-47,51-52H,16,23-32,34-35H2,1-15H3,(H,69,83)(H,70,84)(H,71,85)(H,72,86)(H,73,91)(H,74,92)(H,75,95)(H,76,93)(H,77,94)(H,87,88)(H,89,90)(H,97,98)/b21-19-,22-20-/t38-,39?,40-,41-,42-,43-,46+,47-,51+,52+/m0/s1. The molecule has 0 aliphatic heterocycles. The molecule has 0 saturated heterocycles. The van der Waals surface area contributed by atoms with Crippen molar-refractivity contribution in [3.05, 3.63) is 64.1 Å². The average molecular weight is 1460 g/mol. The molecule has 102 heavy (non-hydrogen) atoms. The number of amides is 10. The van der Waals surface area contributed by atoms with Gasteiger partial charge in [-0.25, -0.2) is 14.6 Å². The summed E-state index contributed by atoms with van der Waals surface area (Å²) in [7, 11) is 5.25. The van der Waals surface area contributed by atoms with Crippen molar-refractivity contribution in [2.45, 2.75) is 176 Å². The maximum Gasteiger partial charge on any atom is 0.328 e. The van der Waals surface area contributed by atoms with Crippen LogP contribution in [-0.4, -0.2) is 221 Å². The number of hydrogen-bond acceptors (Lipinski definition) is 21. The van der Waals surface area contributed by atoms with Gasteiger partial charge in [-0.05, 0) is 98.0 Å². The zero-order valence-electron chi connectivity index (χ0n) is 60.6. The fourth-order valence-electron chi connectivity index (χ4n) is 9.66. The minimum Gasteiger partial charge on any atom is -0.481 e. The second-order valence-corrected chi connectivity index (χ2v) is 26.5. The number of carbonyl (C=O) groups excluding carboxylic acids is 12. The van der Waals surface area contributed by atoms with E-state index in [1.807, 2.05) is 27.7 Å². The van der Waals surface area contributed by atoms with E-state index in [9.17, 15) is 77.0 Å². The molecule has 0 spiro atoms. The van der Waals surface area contributed by atoms with Crippen molar-refractivity contribution >= 4 is 111 Å². The SMILES string of the molecule is CC[C@H](C)[C@H](CC(=O)C(C)(C)N(C)C)C(=O)N(C)[C@H](C[C@@H](OC(C)=O)c1nc(C(=O)N[C@@H](Cc2ccc(NC(=O)[C@H](C)NC(=O)[C@H](C)NC(=O)CCOCCNC(=O)/C=C\C(=O)O)c(NC(=O)[C@H](C)NC(=O)[C@H](C)NC(=O)CCOCCNC(=O)/C=C\C(=O)O)c2)CC(C)C(=O)O)cs1)C(C)C. The third kappa shape index (κ3) is 32.0. The molecule has 0 bridgehead atoms. The lowest BCUT2D eigenvalue weighted by molar-refractivity contribution is -0.150. The maximum absolute atomic E-state index is 14.5. The van der Waals surface area contributed by atoms with Crippen molar-refractivity contribution in [1.82, 2.24) is 52.0 Å². The van der Waals surface area contributed by atoms with Gasteiger partial charge in [0, 0.05) is 100 Å². The van der Waals surface area contributed by atoms with Gasteiger partial charge in [-0.1, -0.05) is 47.1 Å². The van der Waals surface area contributed by atoms with Gasteiger partial charge in [0.1, 0.15) is 34.9 Å². The number of benzene rings is 1. The minimum absolute atomic E-state index is 0.00233. The quantitative estimate of drug-likeness (QED) is 0.0257. The second kappa shape index (κ2) is 44.0. The fraction of sp³-hybridized carbons (Fsp3) is 0.588. The molecular weight excluding hydrogens is 1350 g/mol. The zero-order valence-corrected chi connectivity index (χ0v) is 61.4. The Morgan fingerprint density at radius 2 is 1.12 bits per heavy atom. The van der Waals surface area contributed by atoms with Gasteiger partial charge >= 0.3 is 23.9 Å². The van der Waals surface area contributed by atoms with Crippen LogP contribution in [0.3, 0.4) is 0 Å². The summed E-state index contributed by atoms with van der Waals surface area (Å²) in [5.41, 5.74) is -0.718. The first-order valence-corrected chi connectivity index (χ1v) is 34.2. The van der Waals surface area contributed by atoms with Gasteiger partial charge in [0.2, 0.25) is 53.2 Å². The molecule has 10 amide bonds. The number of Topliss-reactive ketones (excluding diaryl/α,β-unsaturated/α-hetero) is 1. The number of likely N-dealkylation sites (N-methyl/N-ethyl adjacent to an activating group) is 1. The number of thiazole rings is 1. The van der Waals surface area contributed by atoms with E-state index in [2.05, 4.69) is 52.8 Å². The fourth-order valence-corrected chi connectivity index (χ4v) is 10.5. The summed E-state index contributed by atoms with van der Waals surface area (Å²) in [5, 5.41) is 52.0. The normalized spacial score (nSPS) is 14.4. The highest BCUT2D eigenvalue weighted by molar-refractivity contribution is 7.09. The number of carbonyl (C=O) groups is 15. The number of carboxylic acids is 3. The van der Waals surface area contributed by atoms with Crippen molar-refractivity contribution in [3.63, 3.8) is 0 Å². The van der Waals surface area contributed by atoms with Gasteiger partial charge in [-0.3, -0.25) is 67.2 Å². The number of ether oxygens (including phenoxy) is 3. The first-order chi connectivity index (χ1) is 47.7. The molecule has 1 unspecified atom stereocenters. The number of nitrogens with one attached hydrogen (secondary N) is 9. The summed E-state index contributed by atoms with van der Waals surface area (Å²) in [6.45, 7) is 19.1. The van der Waals surface area contributed by atoms with Crippen molar-refractivity contribution < 1.29 is 101 Å². The second-order valence-electron chi connectivity index (χ2n) is 25.6. The van der Waals surface area contributed by atoms with Crippen LogP contribution in [0.25, 0.3) is 0 Å². The Bertz CT molecular complexity index is 3330. The predicted octanol–water partition coefficient (Wildman–Crippen LogP) is 2.26. The summed E-state index contributed by atoms with van der Waals surface area (Å²) in [4.78, 5) is 200. The Kier molecular flexibility index (Phi) is 38.2. The van der Waals surface area contributed by atoms with E-state index in [4.69, 9.17) is 24.4 Å². The van der Waals surface area contributed by atoms with Crippen LogP contribution in [0.15, 0.2) is 47.9 Å². The summed E-state index contributed by atoms with van der Waals surface area (Å²) in [5.74, 6) is -13.4. The van der Waals surface area contributed by atoms with Crippen molar-refractivity contribution in [3.8, 4) is 0 Å². The largest absolute Gasteiger partial charge is 0.481 e. The van der Waals surface area contributed by atoms with Crippen LogP contribution < -0.4 is 47.9 Å². The molecular formula is C68H102N12O21S. The molecule has 0 fully saturated rings. The van der Waals surface area contributed by atoms with E-state index in [1.165, 1.54) is 65.1 Å². The molecule has 566 valence electrons.